The Kier molecular flexibility index (Phi) is 5.18. The number of hydrogen-bond acceptors (Lipinski definition) is 5. The number of aliphatic hydroxyl groups is 1. The zero-order valence-corrected chi connectivity index (χ0v) is 20.2. The minimum Gasteiger partial charge on any atom is -0.399 e. The van der Waals surface area contributed by atoms with Gasteiger partial charge in [0.15, 0.2) is 0 Å². The quantitative estimate of drug-likeness (QED) is 0.706. The molecule has 7 heteroatoms. The average molecular weight is 428 g/mol. The fourth-order valence-corrected chi connectivity index (χ4v) is 4.65. The summed E-state index contributed by atoms with van der Waals surface area (Å²) in [5.41, 5.74) is 0.899. The van der Waals surface area contributed by atoms with Gasteiger partial charge in [-0.1, -0.05) is 12.1 Å². The van der Waals surface area contributed by atoms with Gasteiger partial charge in [-0.15, -0.1) is 0 Å². The van der Waals surface area contributed by atoms with E-state index in [9.17, 15) is 9.90 Å². The first-order valence-corrected chi connectivity index (χ1v) is 11.4. The molecule has 0 radical (unpaired) electrons. The Hall–Kier alpha value is -1.41. The van der Waals surface area contributed by atoms with E-state index in [-0.39, 0.29) is 11.9 Å². The normalized spacial score (nSPS) is 28.6. The predicted octanol–water partition coefficient (Wildman–Crippen LogP) is 2.50. The van der Waals surface area contributed by atoms with Gasteiger partial charge in [0.2, 0.25) is 5.91 Å². The Morgan fingerprint density at radius 1 is 1.13 bits per heavy atom. The Morgan fingerprint density at radius 3 is 2.26 bits per heavy atom. The minimum atomic E-state index is -0.735. The maximum absolute atomic E-state index is 13.4. The van der Waals surface area contributed by atoms with Crippen LogP contribution < -0.4 is 15.7 Å². The third-order valence-corrected chi connectivity index (χ3v) is 7.54. The van der Waals surface area contributed by atoms with Crippen molar-refractivity contribution in [2.75, 3.05) is 11.4 Å². The number of carbonyl (C=O) groups excluding carboxylic acids is 1. The zero-order valence-electron chi connectivity index (χ0n) is 20.2. The van der Waals surface area contributed by atoms with E-state index in [0.717, 1.165) is 29.6 Å². The molecule has 170 valence electrons. The van der Waals surface area contributed by atoms with Crippen LogP contribution in [-0.4, -0.2) is 53.6 Å². The van der Waals surface area contributed by atoms with Crippen LogP contribution >= 0.6 is 0 Å². The van der Waals surface area contributed by atoms with Gasteiger partial charge in [0.05, 0.1) is 22.2 Å². The summed E-state index contributed by atoms with van der Waals surface area (Å²) in [6.45, 7) is 16.4. The largest absolute Gasteiger partial charge is 0.494 e. The third-order valence-electron chi connectivity index (χ3n) is 7.54. The summed E-state index contributed by atoms with van der Waals surface area (Å²) in [6, 6.07) is 6.68. The molecular weight excluding hydrogens is 391 g/mol. The summed E-state index contributed by atoms with van der Waals surface area (Å²) in [5, 5.41) is 13.4. The van der Waals surface area contributed by atoms with Gasteiger partial charge in [-0.2, -0.15) is 0 Å². The number of fused-ring (bicyclic) bond motifs is 1. The van der Waals surface area contributed by atoms with Crippen LogP contribution in [0.5, 0.6) is 0 Å². The molecule has 4 rings (SSSR count). The highest BCUT2D eigenvalue weighted by Gasteiger charge is 2.53. The average Bonchev–Trinajstić information content (AvgIpc) is 2.93. The smallest absolute Gasteiger partial charge is 0.399 e. The second-order valence-corrected chi connectivity index (χ2v) is 11.7. The van der Waals surface area contributed by atoms with E-state index in [2.05, 4.69) is 45.1 Å². The van der Waals surface area contributed by atoms with Crippen molar-refractivity contribution in [2.45, 2.75) is 103 Å². The number of rotatable bonds is 5. The first kappa shape index (κ1) is 22.8. The maximum atomic E-state index is 13.4. The summed E-state index contributed by atoms with van der Waals surface area (Å²) in [5.74, 6) is 0.152. The molecule has 2 heterocycles. The van der Waals surface area contributed by atoms with Crippen LogP contribution in [0.4, 0.5) is 5.69 Å². The Balaban J connectivity index is 1.56. The highest BCUT2D eigenvalue weighted by molar-refractivity contribution is 6.62. The maximum Gasteiger partial charge on any atom is 0.494 e. The van der Waals surface area contributed by atoms with E-state index >= 15 is 0 Å². The highest BCUT2D eigenvalue weighted by atomic mass is 16.7. The number of carbonyl (C=O) groups is 1. The third kappa shape index (κ3) is 3.84. The molecule has 2 N–H and O–H groups in total. The topological polar surface area (TPSA) is 71.0 Å². The van der Waals surface area contributed by atoms with Crippen LogP contribution in [0.2, 0.25) is 0 Å². The molecule has 2 fully saturated rings. The summed E-state index contributed by atoms with van der Waals surface area (Å²) >= 11 is 0. The van der Waals surface area contributed by atoms with E-state index < -0.39 is 29.3 Å². The van der Waals surface area contributed by atoms with E-state index in [1.165, 1.54) is 0 Å². The van der Waals surface area contributed by atoms with Crippen LogP contribution in [0.1, 0.15) is 73.8 Å². The summed E-state index contributed by atoms with van der Waals surface area (Å²) in [7, 11) is -0.446. The van der Waals surface area contributed by atoms with Crippen LogP contribution in [0.3, 0.4) is 0 Å². The highest BCUT2D eigenvalue weighted by Crippen LogP contribution is 2.45. The molecule has 0 spiro atoms. The molecule has 1 aromatic rings. The fraction of sp³-hybridized carbons (Fsp3) is 0.708. The lowest BCUT2D eigenvalue weighted by atomic mass is 9.76. The van der Waals surface area contributed by atoms with E-state index in [1.54, 1.807) is 13.8 Å². The lowest BCUT2D eigenvalue weighted by molar-refractivity contribution is -0.123. The molecule has 1 amide bonds. The van der Waals surface area contributed by atoms with E-state index in [4.69, 9.17) is 9.31 Å². The van der Waals surface area contributed by atoms with Gasteiger partial charge >= 0.3 is 7.12 Å². The molecule has 0 bridgehead atoms. The molecular formula is C24H37BN2O4. The molecule has 6 nitrogen and oxygen atoms in total. The number of nitrogens with one attached hydrogen (secondary N) is 1. The monoisotopic (exact) mass is 428 g/mol. The van der Waals surface area contributed by atoms with Crippen molar-refractivity contribution in [3.8, 4) is 0 Å². The SMILES string of the molecule is CC(C)(O)CN[C@H]1C[C@@H](N2C(=O)C(C)(C)c3ccc(B4OC(C)(C)C(C)(C)O4)cc32)C1. The minimum absolute atomic E-state index is 0.152. The zero-order chi connectivity index (χ0) is 23.0. The second-order valence-electron chi connectivity index (χ2n) is 11.7. The number of benzene rings is 1. The summed E-state index contributed by atoms with van der Waals surface area (Å²) in [6.07, 6.45) is 1.77. The van der Waals surface area contributed by atoms with E-state index in [1.807, 2.05) is 24.8 Å². The first-order chi connectivity index (χ1) is 14.1. The molecule has 0 unspecified atom stereocenters. The van der Waals surface area contributed by atoms with Gasteiger partial charge in [0.25, 0.3) is 0 Å². The number of anilines is 1. The van der Waals surface area contributed by atoms with Crippen molar-refractivity contribution in [1.29, 1.82) is 0 Å². The van der Waals surface area contributed by atoms with Crippen molar-refractivity contribution in [3.63, 3.8) is 0 Å². The predicted molar refractivity (Wildman–Crippen MR) is 124 cm³/mol. The molecule has 31 heavy (non-hydrogen) atoms. The Labute approximate surface area is 186 Å². The second kappa shape index (κ2) is 7.04. The van der Waals surface area contributed by atoms with Crippen LogP contribution in [0.25, 0.3) is 0 Å². The molecule has 1 saturated heterocycles. The molecule has 0 atom stereocenters. The van der Waals surface area contributed by atoms with Crippen LogP contribution in [0.15, 0.2) is 18.2 Å². The Bertz CT molecular complexity index is 868. The van der Waals surface area contributed by atoms with Crippen molar-refractivity contribution >= 4 is 24.2 Å². The van der Waals surface area contributed by atoms with Crippen molar-refractivity contribution in [2.24, 2.45) is 0 Å². The van der Waals surface area contributed by atoms with Gasteiger partial charge < -0.3 is 24.6 Å². The number of hydrogen-bond donors (Lipinski definition) is 2. The van der Waals surface area contributed by atoms with Crippen molar-refractivity contribution in [1.82, 2.24) is 5.32 Å². The van der Waals surface area contributed by atoms with Gasteiger partial charge in [-0.05, 0) is 85.3 Å². The van der Waals surface area contributed by atoms with E-state index in [0.29, 0.717) is 12.6 Å². The Morgan fingerprint density at radius 2 is 1.71 bits per heavy atom. The molecule has 3 aliphatic rings. The van der Waals surface area contributed by atoms with Crippen LogP contribution in [-0.2, 0) is 19.5 Å². The summed E-state index contributed by atoms with van der Waals surface area (Å²) < 4.78 is 12.5. The lowest BCUT2D eigenvalue weighted by Gasteiger charge is -2.43. The fourth-order valence-electron chi connectivity index (χ4n) is 4.65. The first-order valence-electron chi connectivity index (χ1n) is 11.4. The molecule has 0 aromatic heterocycles. The number of amides is 1. The van der Waals surface area contributed by atoms with Gasteiger partial charge in [-0.25, -0.2) is 0 Å². The van der Waals surface area contributed by atoms with Crippen LogP contribution in [0, 0.1) is 0 Å². The lowest BCUT2D eigenvalue weighted by Crippen LogP contribution is -2.56. The van der Waals surface area contributed by atoms with Crippen molar-refractivity contribution < 1.29 is 19.2 Å². The number of nitrogens with zero attached hydrogens (tertiary/aromatic N) is 1. The molecule has 2 aliphatic heterocycles. The molecule has 1 aliphatic carbocycles. The van der Waals surface area contributed by atoms with Gasteiger partial charge in [-0.3, -0.25) is 4.79 Å². The standard InChI is InChI=1S/C24H37BN2O4/c1-21(2,29)14-26-16-12-17(13-16)27-19-11-15(9-10-18(19)22(3,4)20(27)28)25-30-23(5,6)24(7,8)31-25/h9-11,16-17,26,29H,12-14H2,1-8H3/t16-,17+. The summed E-state index contributed by atoms with van der Waals surface area (Å²) in [4.78, 5) is 15.4. The molecule has 1 saturated carbocycles. The van der Waals surface area contributed by atoms with Crippen molar-refractivity contribution in [3.05, 3.63) is 23.8 Å². The van der Waals surface area contributed by atoms with Gasteiger partial charge in [0, 0.05) is 24.3 Å². The van der Waals surface area contributed by atoms with Gasteiger partial charge in [0.1, 0.15) is 0 Å². The molecule has 1 aromatic carbocycles.